The van der Waals surface area contributed by atoms with E-state index in [0.29, 0.717) is 15.9 Å². The molecule has 0 aliphatic carbocycles. The van der Waals surface area contributed by atoms with Crippen LogP contribution in [0.3, 0.4) is 0 Å². The molecular formula is C18H13Cl2N3. The van der Waals surface area contributed by atoms with Crippen LogP contribution < -0.4 is 5.43 Å². The molecular weight excluding hydrogens is 329 g/mol. The number of halogens is 2. The van der Waals surface area contributed by atoms with Crippen molar-refractivity contribution in [1.29, 1.82) is 0 Å². The molecule has 0 aliphatic rings. The molecule has 0 aliphatic heterocycles. The van der Waals surface area contributed by atoms with E-state index >= 15 is 0 Å². The molecule has 114 valence electrons. The molecule has 1 N–H and O–H groups in total. The third-order valence-corrected chi connectivity index (χ3v) is 3.70. The topological polar surface area (TPSA) is 37.3 Å². The summed E-state index contributed by atoms with van der Waals surface area (Å²) in [6.07, 6.45) is 3.22. The van der Waals surface area contributed by atoms with Crippen LogP contribution in [0, 0.1) is 0 Å². The number of aromatic nitrogens is 1. The van der Waals surface area contributed by atoms with Crippen LogP contribution in [0.4, 0.5) is 5.82 Å². The first-order valence-corrected chi connectivity index (χ1v) is 7.73. The van der Waals surface area contributed by atoms with Crippen LogP contribution in [-0.2, 0) is 0 Å². The predicted octanol–water partition coefficient (Wildman–Crippen LogP) is 5.50. The van der Waals surface area contributed by atoms with E-state index in [1.165, 1.54) is 11.8 Å². The van der Waals surface area contributed by atoms with Crippen molar-refractivity contribution in [3.05, 3.63) is 82.5 Å². The summed E-state index contributed by atoms with van der Waals surface area (Å²) in [4.78, 5) is 4.07. The summed E-state index contributed by atoms with van der Waals surface area (Å²) < 4.78 is 0. The molecule has 0 bridgehead atoms. The maximum absolute atomic E-state index is 6.02. The normalized spacial score (nSPS) is 10.9. The van der Waals surface area contributed by atoms with Gasteiger partial charge in [-0.05, 0) is 22.8 Å². The van der Waals surface area contributed by atoms with E-state index in [9.17, 15) is 0 Å². The quantitative estimate of drug-likeness (QED) is 0.502. The standard InChI is InChI=1S/C18H13Cl2N3/c19-16-10-17(20)18(21-12-16)23-22-11-13-6-8-15(9-7-13)14-4-2-1-3-5-14/h1-12H,(H,21,23). The Bertz CT molecular complexity index is 815. The number of anilines is 1. The van der Waals surface area contributed by atoms with E-state index in [4.69, 9.17) is 23.2 Å². The van der Waals surface area contributed by atoms with Crippen LogP contribution in [0.2, 0.25) is 10.0 Å². The van der Waals surface area contributed by atoms with Gasteiger partial charge in [0.2, 0.25) is 0 Å². The van der Waals surface area contributed by atoms with Crippen molar-refractivity contribution in [3.63, 3.8) is 0 Å². The van der Waals surface area contributed by atoms with E-state index in [1.807, 2.05) is 30.3 Å². The number of nitrogens with one attached hydrogen (secondary N) is 1. The Hall–Kier alpha value is -2.36. The first kappa shape index (κ1) is 15.5. The molecule has 1 heterocycles. The smallest absolute Gasteiger partial charge is 0.165 e. The van der Waals surface area contributed by atoms with Gasteiger partial charge in [-0.15, -0.1) is 0 Å². The fraction of sp³-hybridized carbons (Fsp3) is 0. The van der Waals surface area contributed by atoms with Crippen molar-refractivity contribution < 1.29 is 0 Å². The van der Waals surface area contributed by atoms with Gasteiger partial charge in [-0.25, -0.2) is 4.98 Å². The molecule has 0 saturated heterocycles. The van der Waals surface area contributed by atoms with Crippen LogP contribution in [0.25, 0.3) is 11.1 Å². The molecule has 3 rings (SSSR count). The van der Waals surface area contributed by atoms with Crippen LogP contribution >= 0.6 is 23.2 Å². The second-order valence-electron chi connectivity index (χ2n) is 4.84. The van der Waals surface area contributed by atoms with Gasteiger partial charge in [0.25, 0.3) is 0 Å². The Labute approximate surface area is 144 Å². The van der Waals surface area contributed by atoms with Crippen molar-refractivity contribution >= 4 is 35.2 Å². The van der Waals surface area contributed by atoms with E-state index < -0.39 is 0 Å². The molecule has 5 heteroatoms. The van der Waals surface area contributed by atoms with Crippen molar-refractivity contribution in [2.45, 2.75) is 0 Å². The molecule has 3 aromatic rings. The fourth-order valence-corrected chi connectivity index (χ4v) is 2.48. The predicted molar refractivity (Wildman–Crippen MR) is 97.4 cm³/mol. The molecule has 0 amide bonds. The molecule has 0 atom stereocenters. The van der Waals surface area contributed by atoms with Crippen molar-refractivity contribution in [2.75, 3.05) is 5.43 Å². The van der Waals surface area contributed by atoms with Gasteiger partial charge in [-0.2, -0.15) is 5.10 Å². The second-order valence-corrected chi connectivity index (χ2v) is 5.69. The average molecular weight is 342 g/mol. The number of hydrogen-bond donors (Lipinski definition) is 1. The minimum atomic E-state index is 0.425. The van der Waals surface area contributed by atoms with Crippen LogP contribution in [0.15, 0.2) is 72.0 Å². The minimum Gasteiger partial charge on any atom is -0.260 e. The van der Waals surface area contributed by atoms with Gasteiger partial charge in [0.1, 0.15) is 0 Å². The fourth-order valence-electron chi connectivity index (χ4n) is 2.06. The van der Waals surface area contributed by atoms with Crippen molar-refractivity contribution in [3.8, 4) is 11.1 Å². The molecule has 3 nitrogen and oxygen atoms in total. The SMILES string of the molecule is Clc1cnc(NN=Cc2ccc(-c3ccccc3)cc2)c(Cl)c1. The van der Waals surface area contributed by atoms with Gasteiger partial charge >= 0.3 is 0 Å². The van der Waals surface area contributed by atoms with Gasteiger partial charge in [-0.3, -0.25) is 5.43 Å². The Morgan fingerprint density at radius 2 is 1.61 bits per heavy atom. The number of hydrogen-bond acceptors (Lipinski definition) is 3. The lowest BCUT2D eigenvalue weighted by atomic mass is 10.0. The largest absolute Gasteiger partial charge is 0.260 e. The third-order valence-electron chi connectivity index (χ3n) is 3.21. The maximum atomic E-state index is 6.02. The Kier molecular flexibility index (Phi) is 4.91. The highest BCUT2D eigenvalue weighted by Crippen LogP contribution is 2.22. The average Bonchev–Trinajstić information content (AvgIpc) is 2.58. The first-order chi connectivity index (χ1) is 11.2. The molecule has 23 heavy (non-hydrogen) atoms. The maximum Gasteiger partial charge on any atom is 0.165 e. The lowest BCUT2D eigenvalue weighted by Gasteiger charge is -2.03. The highest BCUT2D eigenvalue weighted by molar-refractivity contribution is 6.35. The number of rotatable bonds is 4. The molecule has 0 radical (unpaired) electrons. The van der Waals surface area contributed by atoms with E-state index in [1.54, 1.807) is 12.3 Å². The van der Waals surface area contributed by atoms with Crippen LogP contribution in [0.5, 0.6) is 0 Å². The summed E-state index contributed by atoms with van der Waals surface area (Å²) in [6, 6.07) is 20.0. The summed E-state index contributed by atoms with van der Waals surface area (Å²) in [5.74, 6) is 0.466. The number of hydrazone groups is 1. The lowest BCUT2D eigenvalue weighted by Crippen LogP contribution is -1.94. The minimum absolute atomic E-state index is 0.425. The van der Waals surface area contributed by atoms with Gasteiger partial charge in [0, 0.05) is 6.20 Å². The van der Waals surface area contributed by atoms with Gasteiger partial charge < -0.3 is 0 Å². The third kappa shape index (κ3) is 4.09. The molecule has 1 aromatic heterocycles. The van der Waals surface area contributed by atoms with Gasteiger partial charge in [0.15, 0.2) is 5.82 Å². The lowest BCUT2D eigenvalue weighted by molar-refractivity contribution is 1.23. The first-order valence-electron chi connectivity index (χ1n) is 6.98. The summed E-state index contributed by atoms with van der Waals surface area (Å²) in [6.45, 7) is 0. The zero-order chi connectivity index (χ0) is 16.1. The van der Waals surface area contributed by atoms with Gasteiger partial charge in [0.05, 0.1) is 16.3 Å². The van der Waals surface area contributed by atoms with E-state index in [0.717, 1.165) is 11.1 Å². The molecule has 0 saturated carbocycles. The summed E-state index contributed by atoms with van der Waals surface area (Å²) in [7, 11) is 0. The second kappa shape index (κ2) is 7.27. The summed E-state index contributed by atoms with van der Waals surface area (Å²) >= 11 is 11.8. The zero-order valence-electron chi connectivity index (χ0n) is 12.1. The Morgan fingerprint density at radius 1 is 0.913 bits per heavy atom. The highest BCUT2D eigenvalue weighted by atomic mass is 35.5. The van der Waals surface area contributed by atoms with Crippen LogP contribution in [-0.4, -0.2) is 11.2 Å². The van der Waals surface area contributed by atoms with Gasteiger partial charge in [-0.1, -0.05) is 77.8 Å². The van der Waals surface area contributed by atoms with E-state index in [2.05, 4.69) is 39.8 Å². The van der Waals surface area contributed by atoms with Crippen molar-refractivity contribution in [2.24, 2.45) is 5.10 Å². The van der Waals surface area contributed by atoms with E-state index in [-0.39, 0.29) is 0 Å². The number of benzene rings is 2. The Morgan fingerprint density at radius 3 is 2.30 bits per heavy atom. The number of nitrogens with zero attached hydrogens (tertiary/aromatic N) is 2. The summed E-state index contributed by atoms with van der Waals surface area (Å²) in [5.41, 5.74) is 6.13. The Balaban J connectivity index is 1.68. The molecule has 0 unspecified atom stereocenters. The highest BCUT2D eigenvalue weighted by Gasteiger charge is 2.01. The summed E-state index contributed by atoms with van der Waals surface area (Å²) in [5, 5.41) is 5.05. The van der Waals surface area contributed by atoms with Crippen molar-refractivity contribution in [1.82, 2.24) is 4.98 Å². The molecule has 0 spiro atoms. The molecule has 0 fully saturated rings. The molecule has 2 aromatic carbocycles. The zero-order valence-corrected chi connectivity index (χ0v) is 13.6. The van der Waals surface area contributed by atoms with Crippen LogP contribution in [0.1, 0.15) is 5.56 Å². The number of pyridine rings is 1. The monoisotopic (exact) mass is 341 g/mol.